The average molecular weight is 719 g/mol. The Balaban J connectivity index is 0.968. The second-order valence-corrected chi connectivity index (χ2v) is 14.4. The van der Waals surface area contributed by atoms with Crippen LogP contribution in [0.15, 0.2) is 192 Å². The van der Waals surface area contributed by atoms with Crippen molar-refractivity contribution >= 4 is 28.4 Å². The first-order chi connectivity index (χ1) is 27.7. The Morgan fingerprint density at radius 3 is 1.73 bits per heavy atom. The maximum absolute atomic E-state index is 6.52. The number of aromatic nitrogens is 3. The van der Waals surface area contributed by atoms with E-state index in [1.807, 2.05) is 36.4 Å². The van der Waals surface area contributed by atoms with Gasteiger partial charge in [0.05, 0.1) is 6.04 Å². The van der Waals surface area contributed by atoms with E-state index >= 15 is 0 Å². The molecule has 264 valence electrons. The molecule has 7 aromatic carbocycles. The van der Waals surface area contributed by atoms with Crippen molar-refractivity contribution in [2.24, 2.45) is 0 Å². The largest absolute Gasteiger partial charge is 0.456 e. The quantitative estimate of drug-likeness (QED) is 0.171. The van der Waals surface area contributed by atoms with E-state index in [9.17, 15) is 0 Å². The molecule has 0 saturated heterocycles. The van der Waals surface area contributed by atoms with Crippen LogP contribution in [0.25, 0.3) is 73.5 Å². The summed E-state index contributed by atoms with van der Waals surface area (Å²) in [5.74, 6) is 2.99. The van der Waals surface area contributed by atoms with Crippen molar-refractivity contribution in [1.82, 2.24) is 15.0 Å². The molecule has 0 saturated carbocycles. The number of hydrogen-bond acceptors (Lipinski definition) is 5. The number of para-hydroxylation sites is 2. The van der Waals surface area contributed by atoms with Gasteiger partial charge in [-0.1, -0.05) is 152 Å². The van der Waals surface area contributed by atoms with Crippen LogP contribution in [-0.2, 0) is 0 Å². The van der Waals surface area contributed by atoms with Crippen LogP contribution in [0.4, 0.5) is 11.4 Å². The van der Waals surface area contributed by atoms with Crippen LogP contribution in [0.1, 0.15) is 22.8 Å². The lowest BCUT2D eigenvalue weighted by atomic mass is 9.82. The van der Waals surface area contributed by atoms with Gasteiger partial charge < -0.3 is 9.32 Å². The van der Waals surface area contributed by atoms with Crippen molar-refractivity contribution in [3.05, 3.63) is 205 Å². The predicted molar refractivity (Wildman–Crippen MR) is 226 cm³/mol. The summed E-state index contributed by atoms with van der Waals surface area (Å²) in [5.41, 5.74) is 13.2. The molecule has 9 aromatic rings. The van der Waals surface area contributed by atoms with Gasteiger partial charge in [0.15, 0.2) is 17.5 Å². The van der Waals surface area contributed by atoms with Crippen molar-refractivity contribution in [3.8, 4) is 56.4 Å². The fourth-order valence-corrected chi connectivity index (χ4v) is 8.46. The lowest BCUT2D eigenvalue weighted by molar-refractivity contribution is 0.584. The van der Waals surface area contributed by atoms with Crippen LogP contribution in [0.5, 0.6) is 0 Å². The molecule has 56 heavy (non-hydrogen) atoms. The number of fused-ring (bicyclic) bond motifs is 7. The first kappa shape index (κ1) is 32.1. The molecule has 5 heteroatoms. The molecular formula is C51H34N4O. The van der Waals surface area contributed by atoms with Crippen LogP contribution in [0.2, 0.25) is 0 Å². The summed E-state index contributed by atoms with van der Waals surface area (Å²) in [6, 6.07) is 63.7. The molecular weight excluding hydrogens is 685 g/mol. The van der Waals surface area contributed by atoms with Crippen LogP contribution < -0.4 is 4.90 Å². The van der Waals surface area contributed by atoms with Crippen molar-refractivity contribution < 1.29 is 4.42 Å². The zero-order chi connectivity index (χ0) is 37.0. The van der Waals surface area contributed by atoms with Crippen molar-refractivity contribution in [3.63, 3.8) is 0 Å². The summed E-state index contributed by atoms with van der Waals surface area (Å²) in [6.07, 6.45) is 4.47. The van der Waals surface area contributed by atoms with Gasteiger partial charge in [-0.3, -0.25) is 0 Å². The highest BCUT2D eigenvalue weighted by atomic mass is 16.3. The Hall–Kier alpha value is -7.37. The molecule has 0 fully saturated rings. The number of furan rings is 1. The second-order valence-electron chi connectivity index (χ2n) is 14.4. The number of anilines is 2. The third-order valence-corrected chi connectivity index (χ3v) is 11.1. The number of nitrogens with zero attached hydrogens (tertiary/aromatic N) is 4. The van der Waals surface area contributed by atoms with Gasteiger partial charge >= 0.3 is 0 Å². The summed E-state index contributed by atoms with van der Waals surface area (Å²) in [6.45, 7) is 0. The van der Waals surface area contributed by atoms with Crippen molar-refractivity contribution in [2.75, 3.05) is 4.90 Å². The van der Waals surface area contributed by atoms with E-state index in [1.165, 1.54) is 22.5 Å². The Labute approximate surface area is 324 Å². The number of rotatable bonds is 6. The maximum Gasteiger partial charge on any atom is 0.164 e. The van der Waals surface area contributed by atoms with Crippen molar-refractivity contribution in [1.29, 1.82) is 0 Å². The fraction of sp³-hybridized carbons (Fsp3) is 0.0392. The molecule has 0 spiro atoms. The standard InChI is InChI=1S/C51H34N4O/c1-4-13-33(14-5-1)37-17-12-18-39(31-37)51-53-49(35-15-6-2-7-16-35)52-50(54-51)36-25-23-34(24-26-36)38-27-29-45-42(32-38)48-46(56-45)30-28-44-47(48)41-21-10-11-22-43(41)55(44)40-19-8-3-9-20-40/h1-32,44,47H. The molecule has 11 rings (SSSR count). The monoisotopic (exact) mass is 718 g/mol. The van der Waals surface area contributed by atoms with Crippen LogP contribution >= 0.6 is 0 Å². The summed E-state index contributed by atoms with van der Waals surface area (Å²) in [4.78, 5) is 17.5. The summed E-state index contributed by atoms with van der Waals surface area (Å²) in [5, 5.41) is 1.15. The molecule has 0 bridgehead atoms. The van der Waals surface area contributed by atoms with Crippen LogP contribution in [0.3, 0.4) is 0 Å². The Bertz CT molecular complexity index is 2920. The van der Waals surface area contributed by atoms with Crippen LogP contribution in [0, 0.1) is 0 Å². The van der Waals surface area contributed by atoms with Gasteiger partial charge in [0.25, 0.3) is 0 Å². The molecule has 1 aliphatic heterocycles. The zero-order valence-electron chi connectivity index (χ0n) is 30.3. The zero-order valence-corrected chi connectivity index (χ0v) is 30.3. The Kier molecular flexibility index (Phi) is 7.56. The minimum absolute atomic E-state index is 0.149. The third kappa shape index (κ3) is 5.44. The van der Waals surface area contributed by atoms with Crippen molar-refractivity contribution in [2.45, 2.75) is 12.0 Å². The molecule has 5 nitrogen and oxygen atoms in total. The molecule has 3 heterocycles. The minimum atomic E-state index is 0.149. The van der Waals surface area contributed by atoms with Gasteiger partial charge in [0.2, 0.25) is 0 Å². The lowest BCUT2D eigenvalue weighted by Gasteiger charge is -2.30. The highest BCUT2D eigenvalue weighted by Gasteiger charge is 2.43. The molecule has 2 atom stereocenters. The first-order valence-corrected chi connectivity index (χ1v) is 19.0. The third-order valence-electron chi connectivity index (χ3n) is 11.1. The summed E-state index contributed by atoms with van der Waals surface area (Å²) >= 11 is 0. The van der Waals surface area contributed by atoms with Gasteiger partial charge in [-0.15, -0.1) is 0 Å². The topological polar surface area (TPSA) is 55.1 Å². The maximum atomic E-state index is 6.52. The SMILES string of the molecule is C1=CC2C(c3ccccc3N2c2ccccc2)c2c1oc1ccc(-c3ccc(-c4nc(-c5ccccc5)nc(-c5cccc(-c6ccccc6)c5)n4)cc3)cc21. The Morgan fingerprint density at radius 1 is 0.446 bits per heavy atom. The molecule has 2 aliphatic rings. The van der Waals surface area contributed by atoms with Gasteiger partial charge in [0.1, 0.15) is 11.3 Å². The second kappa shape index (κ2) is 13.2. The van der Waals surface area contributed by atoms with E-state index in [-0.39, 0.29) is 12.0 Å². The van der Waals surface area contributed by atoms with Gasteiger partial charge in [-0.05, 0) is 70.3 Å². The minimum Gasteiger partial charge on any atom is -0.456 e. The number of hydrogen-bond donors (Lipinski definition) is 0. The lowest BCUT2D eigenvalue weighted by Crippen LogP contribution is -2.30. The van der Waals surface area contributed by atoms with Gasteiger partial charge in [-0.2, -0.15) is 0 Å². The molecule has 0 N–H and O–H groups in total. The van der Waals surface area contributed by atoms with Crippen LogP contribution in [-0.4, -0.2) is 21.0 Å². The van der Waals surface area contributed by atoms with E-state index in [0.29, 0.717) is 17.5 Å². The normalized spacial score (nSPS) is 15.4. The molecule has 2 aromatic heterocycles. The smallest absolute Gasteiger partial charge is 0.164 e. The highest BCUT2D eigenvalue weighted by Crippen LogP contribution is 2.53. The van der Waals surface area contributed by atoms with Gasteiger partial charge in [-0.25, -0.2) is 15.0 Å². The predicted octanol–water partition coefficient (Wildman–Crippen LogP) is 12.6. The molecule has 2 unspecified atom stereocenters. The highest BCUT2D eigenvalue weighted by molar-refractivity contribution is 5.93. The van der Waals surface area contributed by atoms with E-state index < -0.39 is 0 Å². The molecule has 0 amide bonds. The average Bonchev–Trinajstić information content (AvgIpc) is 3.82. The van der Waals surface area contributed by atoms with Gasteiger partial charge in [0, 0.05) is 44.9 Å². The van der Waals surface area contributed by atoms with E-state index in [2.05, 4.69) is 163 Å². The first-order valence-electron chi connectivity index (χ1n) is 19.0. The summed E-state index contributed by atoms with van der Waals surface area (Å²) < 4.78 is 6.52. The van der Waals surface area contributed by atoms with E-state index in [1.54, 1.807) is 0 Å². The van der Waals surface area contributed by atoms with E-state index in [4.69, 9.17) is 19.4 Å². The summed E-state index contributed by atoms with van der Waals surface area (Å²) in [7, 11) is 0. The molecule has 0 radical (unpaired) electrons. The molecule has 1 aliphatic carbocycles. The van der Waals surface area contributed by atoms with E-state index in [0.717, 1.165) is 55.7 Å². The fourth-order valence-electron chi connectivity index (χ4n) is 8.46. The number of benzene rings is 7. The Morgan fingerprint density at radius 2 is 0.982 bits per heavy atom.